The molecule has 0 aliphatic rings. The number of thiol groups is 2. The van der Waals surface area contributed by atoms with Gasteiger partial charge in [-0.1, -0.05) is 0 Å². The lowest BCUT2D eigenvalue weighted by atomic mass is 10.3. The summed E-state index contributed by atoms with van der Waals surface area (Å²) in [6, 6.07) is 10.5. The van der Waals surface area contributed by atoms with Crippen LogP contribution in [0.5, 0.6) is 0 Å². The Morgan fingerprint density at radius 2 is 1.11 bits per heavy atom. The van der Waals surface area contributed by atoms with Crippen molar-refractivity contribution in [2.24, 2.45) is 10.2 Å². The van der Waals surface area contributed by atoms with E-state index in [1.807, 2.05) is 0 Å². The minimum atomic E-state index is 0.613. The quantitative estimate of drug-likeness (QED) is 0.382. The SMILES string of the molecule is Nc1ccc(N=Nc2ccc(N)c(S)c2)cc1S. The third-order valence-electron chi connectivity index (χ3n) is 2.31. The second-order valence-electron chi connectivity index (χ2n) is 3.69. The topological polar surface area (TPSA) is 76.8 Å². The lowest BCUT2D eigenvalue weighted by molar-refractivity contribution is 1.21. The van der Waals surface area contributed by atoms with E-state index in [-0.39, 0.29) is 0 Å². The average Bonchev–Trinajstić information content (AvgIpc) is 2.35. The first kappa shape index (κ1) is 12.8. The summed E-state index contributed by atoms with van der Waals surface area (Å²) in [4.78, 5) is 1.36. The van der Waals surface area contributed by atoms with Crippen molar-refractivity contribution in [1.29, 1.82) is 0 Å². The Balaban J connectivity index is 2.24. The molecule has 0 aliphatic heterocycles. The Bertz CT molecular complexity index is 558. The molecule has 4 N–H and O–H groups in total. The zero-order valence-electron chi connectivity index (χ0n) is 9.41. The van der Waals surface area contributed by atoms with Gasteiger partial charge in [-0.15, -0.1) is 25.3 Å². The van der Waals surface area contributed by atoms with Gasteiger partial charge in [0.2, 0.25) is 0 Å². The molecular weight excluding hydrogens is 264 g/mol. The van der Waals surface area contributed by atoms with Crippen LogP contribution in [-0.2, 0) is 0 Å². The number of azo groups is 1. The molecule has 2 rings (SSSR count). The van der Waals surface area contributed by atoms with Gasteiger partial charge in [0.25, 0.3) is 0 Å². The van der Waals surface area contributed by atoms with Crippen LogP contribution in [0.3, 0.4) is 0 Å². The molecule has 0 fully saturated rings. The molecule has 4 nitrogen and oxygen atoms in total. The largest absolute Gasteiger partial charge is 0.398 e. The van der Waals surface area contributed by atoms with E-state index in [9.17, 15) is 0 Å². The average molecular weight is 276 g/mol. The van der Waals surface area contributed by atoms with Gasteiger partial charge in [-0.3, -0.25) is 0 Å². The number of benzene rings is 2. The zero-order valence-corrected chi connectivity index (χ0v) is 11.2. The van der Waals surface area contributed by atoms with Crippen molar-refractivity contribution in [3.63, 3.8) is 0 Å². The van der Waals surface area contributed by atoms with Crippen LogP contribution in [-0.4, -0.2) is 0 Å². The standard InChI is InChI=1S/C12H12N4S2/c13-9-3-1-7(5-11(9)17)15-16-8-2-4-10(14)12(18)6-8/h1-6,17-18H,13-14H2. The molecule has 18 heavy (non-hydrogen) atoms. The highest BCUT2D eigenvalue weighted by molar-refractivity contribution is 7.80. The fourth-order valence-electron chi connectivity index (χ4n) is 1.30. The third kappa shape index (κ3) is 2.96. The van der Waals surface area contributed by atoms with Gasteiger partial charge in [-0.2, -0.15) is 10.2 Å². The van der Waals surface area contributed by atoms with Gasteiger partial charge in [0.05, 0.1) is 11.4 Å². The van der Waals surface area contributed by atoms with Crippen LogP contribution < -0.4 is 11.5 Å². The Hall–Kier alpha value is -1.66. The number of hydrogen-bond donors (Lipinski definition) is 4. The van der Waals surface area contributed by atoms with Gasteiger partial charge < -0.3 is 11.5 Å². The third-order valence-corrected chi connectivity index (χ3v) is 3.08. The Kier molecular flexibility index (Phi) is 3.78. The summed E-state index contributed by atoms with van der Waals surface area (Å²) in [5.74, 6) is 0. The van der Waals surface area contributed by atoms with E-state index in [2.05, 4.69) is 35.5 Å². The number of nitrogens with two attached hydrogens (primary N) is 2. The molecule has 0 saturated heterocycles. The van der Waals surface area contributed by atoms with Crippen LogP contribution in [0.4, 0.5) is 22.7 Å². The van der Waals surface area contributed by atoms with Crippen molar-refractivity contribution < 1.29 is 0 Å². The van der Waals surface area contributed by atoms with Gasteiger partial charge in [0, 0.05) is 21.2 Å². The minimum absolute atomic E-state index is 0.613. The van der Waals surface area contributed by atoms with Crippen LogP contribution >= 0.6 is 25.3 Å². The number of nitrogen functional groups attached to an aromatic ring is 2. The van der Waals surface area contributed by atoms with Gasteiger partial charge in [-0.25, -0.2) is 0 Å². The summed E-state index contributed by atoms with van der Waals surface area (Å²) in [6.45, 7) is 0. The van der Waals surface area contributed by atoms with Crippen molar-refractivity contribution in [2.45, 2.75) is 9.79 Å². The maximum absolute atomic E-state index is 5.66. The van der Waals surface area contributed by atoms with E-state index in [0.29, 0.717) is 32.5 Å². The van der Waals surface area contributed by atoms with Crippen molar-refractivity contribution in [1.82, 2.24) is 0 Å². The second kappa shape index (κ2) is 5.32. The normalized spacial score (nSPS) is 11.0. The summed E-state index contributed by atoms with van der Waals surface area (Å²) < 4.78 is 0. The molecule has 92 valence electrons. The van der Waals surface area contributed by atoms with Gasteiger partial charge in [0.15, 0.2) is 0 Å². The van der Waals surface area contributed by atoms with E-state index in [1.165, 1.54) is 0 Å². The maximum Gasteiger partial charge on any atom is 0.0869 e. The molecule has 0 radical (unpaired) electrons. The summed E-state index contributed by atoms with van der Waals surface area (Å²) >= 11 is 8.44. The monoisotopic (exact) mass is 276 g/mol. The summed E-state index contributed by atoms with van der Waals surface area (Å²) in [7, 11) is 0. The molecule has 0 bridgehead atoms. The van der Waals surface area contributed by atoms with Crippen LogP contribution in [0.2, 0.25) is 0 Å². The van der Waals surface area contributed by atoms with Crippen molar-refractivity contribution in [2.75, 3.05) is 11.5 Å². The van der Waals surface area contributed by atoms with E-state index in [1.54, 1.807) is 36.4 Å². The molecule has 0 atom stereocenters. The van der Waals surface area contributed by atoms with Crippen molar-refractivity contribution >= 4 is 48.0 Å². The molecular formula is C12H12N4S2. The first-order valence-corrected chi connectivity index (χ1v) is 6.04. The molecule has 6 heteroatoms. The lowest BCUT2D eigenvalue weighted by Gasteiger charge is -2.00. The second-order valence-corrected chi connectivity index (χ2v) is 4.65. The molecule has 0 spiro atoms. The fraction of sp³-hybridized carbons (Fsp3) is 0. The van der Waals surface area contributed by atoms with E-state index >= 15 is 0 Å². The van der Waals surface area contributed by atoms with E-state index < -0.39 is 0 Å². The predicted octanol–water partition coefficient (Wildman–Crippen LogP) is 3.84. The molecule has 0 saturated carbocycles. The molecule has 0 heterocycles. The van der Waals surface area contributed by atoms with Crippen LogP contribution in [0.25, 0.3) is 0 Å². The molecule has 2 aromatic rings. The molecule has 2 aromatic carbocycles. The van der Waals surface area contributed by atoms with Gasteiger partial charge in [0.1, 0.15) is 0 Å². The number of anilines is 2. The minimum Gasteiger partial charge on any atom is -0.398 e. The van der Waals surface area contributed by atoms with Gasteiger partial charge >= 0.3 is 0 Å². The van der Waals surface area contributed by atoms with Crippen molar-refractivity contribution in [3.8, 4) is 0 Å². The smallest absolute Gasteiger partial charge is 0.0869 e. The highest BCUT2D eigenvalue weighted by atomic mass is 32.1. The Labute approximate surface area is 116 Å². The first-order chi connectivity index (χ1) is 8.56. The van der Waals surface area contributed by atoms with Gasteiger partial charge in [-0.05, 0) is 36.4 Å². The van der Waals surface area contributed by atoms with E-state index in [0.717, 1.165) is 0 Å². The summed E-state index contributed by atoms with van der Waals surface area (Å²) in [5.41, 5.74) is 13.9. The molecule has 0 aliphatic carbocycles. The molecule has 0 aromatic heterocycles. The molecule has 0 amide bonds. The Morgan fingerprint density at radius 3 is 1.44 bits per heavy atom. The van der Waals surface area contributed by atoms with E-state index in [4.69, 9.17) is 11.5 Å². The summed E-state index contributed by atoms with van der Waals surface area (Å²) in [6.07, 6.45) is 0. The predicted molar refractivity (Wildman–Crippen MR) is 80.4 cm³/mol. The molecule has 0 unspecified atom stereocenters. The highest BCUT2D eigenvalue weighted by Gasteiger charge is 1.98. The first-order valence-electron chi connectivity index (χ1n) is 5.15. The van der Waals surface area contributed by atoms with Crippen LogP contribution in [0.1, 0.15) is 0 Å². The number of nitrogens with zero attached hydrogens (tertiary/aromatic N) is 2. The number of hydrogen-bond acceptors (Lipinski definition) is 6. The van der Waals surface area contributed by atoms with Crippen LogP contribution in [0.15, 0.2) is 56.4 Å². The fourth-order valence-corrected chi connectivity index (χ4v) is 1.72. The lowest BCUT2D eigenvalue weighted by Crippen LogP contribution is -1.85. The Morgan fingerprint density at radius 1 is 0.722 bits per heavy atom. The number of rotatable bonds is 2. The summed E-state index contributed by atoms with van der Waals surface area (Å²) in [5, 5.41) is 8.19. The van der Waals surface area contributed by atoms with Crippen molar-refractivity contribution in [3.05, 3.63) is 36.4 Å². The maximum atomic E-state index is 5.66. The zero-order chi connectivity index (χ0) is 13.1. The van der Waals surface area contributed by atoms with Crippen LogP contribution in [0, 0.1) is 0 Å². The highest BCUT2D eigenvalue weighted by Crippen LogP contribution is 2.27.